The van der Waals surface area contributed by atoms with Crippen molar-refractivity contribution in [3.8, 4) is 0 Å². The molecule has 2 N–H and O–H groups in total. The highest BCUT2D eigenvalue weighted by Crippen LogP contribution is 2.25. The highest BCUT2D eigenvalue weighted by molar-refractivity contribution is 5.68. The zero-order valence-corrected chi connectivity index (χ0v) is 16.9. The number of rotatable bonds is 9. The number of pyridine rings is 2. The number of hydrogen-bond acceptors (Lipinski definition) is 6. The molecule has 3 aromatic heterocycles. The number of carboxylic acid groups (broad SMARTS) is 1. The van der Waals surface area contributed by atoms with E-state index in [2.05, 4.69) is 27.6 Å². The normalized spacial score (nSPS) is 14.0. The van der Waals surface area contributed by atoms with Crippen molar-refractivity contribution >= 4 is 11.8 Å². The summed E-state index contributed by atoms with van der Waals surface area (Å²) in [6.45, 7) is 0.993. The summed E-state index contributed by atoms with van der Waals surface area (Å²) >= 11 is 0. The second-order valence-corrected chi connectivity index (χ2v) is 7.76. The van der Waals surface area contributed by atoms with E-state index in [4.69, 9.17) is 9.51 Å². The Hall–Kier alpha value is -3.22. The SMILES string of the molecule is O=C(O)CC(Cc1cc(CCCc2ccc3c(n2)NCCC3)no1)c1cccnc1. The summed E-state index contributed by atoms with van der Waals surface area (Å²) in [6, 6.07) is 9.95. The summed E-state index contributed by atoms with van der Waals surface area (Å²) in [7, 11) is 0. The highest BCUT2D eigenvalue weighted by Gasteiger charge is 2.19. The average molecular weight is 406 g/mol. The lowest BCUT2D eigenvalue weighted by Gasteiger charge is -2.17. The zero-order chi connectivity index (χ0) is 20.8. The number of anilines is 1. The number of aryl methyl sites for hydroxylation is 3. The van der Waals surface area contributed by atoms with Gasteiger partial charge in [-0.15, -0.1) is 0 Å². The minimum absolute atomic E-state index is 0.0275. The molecule has 0 aromatic carbocycles. The van der Waals surface area contributed by atoms with Gasteiger partial charge in [-0.3, -0.25) is 9.78 Å². The molecule has 3 aromatic rings. The van der Waals surface area contributed by atoms with Crippen LogP contribution in [0.15, 0.2) is 47.2 Å². The van der Waals surface area contributed by atoms with Gasteiger partial charge in [-0.05, 0) is 55.4 Å². The van der Waals surface area contributed by atoms with Gasteiger partial charge in [0, 0.05) is 43.0 Å². The lowest BCUT2D eigenvalue weighted by molar-refractivity contribution is -0.137. The molecule has 7 nitrogen and oxygen atoms in total. The molecule has 1 unspecified atom stereocenters. The first-order chi connectivity index (χ1) is 14.7. The van der Waals surface area contributed by atoms with E-state index in [0.29, 0.717) is 12.2 Å². The Morgan fingerprint density at radius 1 is 1.23 bits per heavy atom. The van der Waals surface area contributed by atoms with E-state index in [1.165, 1.54) is 5.56 Å². The van der Waals surface area contributed by atoms with Crippen molar-refractivity contribution in [1.29, 1.82) is 0 Å². The first-order valence-electron chi connectivity index (χ1n) is 10.5. The van der Waals surface area contributed by atoms with E-state index in [1.54, 1.807) is 12.4 Å². The second kappa shape index (κ2) is 9.52. The minimum atomic E-state index is -0.837. The molecule has 0 radical (unpaired) electrons. The third-order valence-corrected chi connectivity index (χ3v) is 5.45. The zero-order valence-electron chi connectivity index (χ0n) is 16.9. The molecule has 0 aliphatic carbocycles. The van der Waals surface area contributed by atoms with Gasteiger partial charge in [-0.1, -0.05) is 17.3 Å². The van der Waals surface area contributed by atoms with Gasteiger partial charge in [0.15, 0.2) is 0 Å². The van der Waals surface area contributed by atoms with Crippen LogP contribution < -0.4 is 5.32 Å². The van der Waals surface area contributed by atoms with Gasteiger partial charge in [0.25, 0.3) is 0 Å². The molecule has 4 heterocycles. The van der Waals surface area contributed by atoms with Gasteiger partial charge in [0.1, 0.15) is 11.6 Å². The van der Waals surface area contributed by atoms with Gasteiger partial charge in [-0.2, -0.15) is 0 Å². The van der Waals surface area contributed by atoms with E-state index >= 15 is 0 Å². The predicted octanol–water partition coefficient (Wildman–Crippen LogP) is 3.80. The number of hydrogen-bond donors (Lipinski definition) is 2. The smallest absolute Gasteiger partial charge is 0.303 e. The summed E-state index contributed by atoms with van der Waals surface area (Å²) in [5.41, 5.74) is 4.17. The van der Waals surface area contributed by atoms with E-state index in [-0.39, 0.29) is 12.3 Å². The van der Waals surface area contributed by atoms with Gasteiger partial charge < -0.3 is 14.9 Å². The summed E-state index contributed by atoms with van der Waals surface area (Å²) in [5.74, 6) is 0.707. The Balaban J connectivity index is 1.33. The fraction of sp³-hybridized carbons (Fsp3) is 0.391. The number of carbonyl (C=O) groups is 1. The Kier molecular flexibility index (Phi) is 6.37. The van der Waals surface area contributed by atoms with Crippen molar-refractivity contribution < 1.29 is 14.4 Å². The molecule has 4 rings (SSSR count). The van der Waals surface area contributed by atoms with E-state index in [9.17, 15) is 9.90 Å². The molecule has 156 valence electrons. The van der Waals surface area contributed by atoms with Gasteiger partial charge in [-0.25, -0.2) is 4.98 Å². The first-order valence-corrected chi connectivity index (χ1v) is 10.5. The standard InChI is InChI=1S/C23H26N4O3/c28-22(29)13-18(17-5-2-10-24-15-17)12-21-14-20(27-30-21)7-1-6-19-9-8-16-4-3-11-25-23(16)26-19/h2,5,8-10,14-15,18H,1,3-4,6-7,11-13H2,(H,25,26)(H,28,29). The number of nitrogens with one attached hydrogen (secondary N) is 1. The van der Waals surface area contributed by atoms with Crippen molar-refractivity contribution in [3.05, 3.63) is 71.0 Å². The maximum absolute atomic E-state index is 11.3. The van der Waals surface area contributed by atoms with Crippen LogP contribution in [0.4, 0.5) is 5.82 Å². The molecule has 0 fully saturated rings. The Bertz CT molecular complexity index is 987. The molecule has 7 heteroatoms. The molecule has 0 spiro atoms. The fourth-order valence-electron chi connectivity index (χ4n) is 3.91. The lowest BCUT2D eigenvalue weighted by Crippen LogP contribution is -2.14. The van der Waals surface area contributed by atoms with Crippen LogP contribution >= 0.6 is 0 Å². The maximum Gasteiger partial charge on any atom is 0.303 e. The quantitative estimate of drug-likeness (QED) is 0.557. The first kappa shape index (κ1) is 20.1. The Labute approximate surface area is 175 Å². The minimum Gasteiger partial charge on any atom is -0.481 e. The van der Waals surface area contributed by atoms with Crippen LogP contribution in [-0.4, -0.2) is 32.7 Å². The monoisotopic (exact) mass is 406 g/mol. The van der Waals surface area contributed by atoms with Crippen LogP contribution in [0.3, 0.4) is 0 Å². The Morgan fingerprint density at radius 2 is 2.13 bits per heavy atom. The van der Waals surface area contributed by atoms with E-state index in [1.807, 2.05) is 18.2 Å². The Morgan fingerprint density at radius 3 is 2.97 bits per heavy atom. The summed E-state index contributed by atoms with van der Waals surface area (Å²) in [4.78, 5) is 20.1. The predicted molar refractivity (Wildman–Crippen MR) is 113 cm³/mol. The molecule has 0 amide bonds. The molecule has 0 bridgehead atoms. The molecular weight excluding hydrogens is 380 g/mol. The van der Waals surface area contributed by atoms with Gasteiger partial charge >= 0.3 is 5.97 Å². The van der Waals surface area contributed by atoms with Crippen LogP contribution in [0.5, 0.6) is 0 Å². The van der Waals surface area contributed by atoms with Gasteiger partial charge in [0.2, 0.25) is 0 Å². The summed E-state index contributed by atoms with van der Waals surface area (Å²) < 4.78 is 5.49. The van der Waals surface area contributed by atoms with Crippen LogP contribution in [0.1, 0.15) is 53.5 Å². The van der Waals surface area contributed by atoms with Crippen molar-refractivity contribution in [2.75, 3.05) is 11.9 Å². The van der Waals surface area contributed by atoms with Gasteiger partial charge in [0.05, 0.1) is 12.1 Å². The van der Waals surface area contributed by atoms with Crippen molar-refractivity contribution in [1.82, 2.24) is 15.1 Å². The third kappa shape index (κ3) is 5.23. The summed E-state index contributed by atoms with van der Waals surface area (Å²) in [5, 5.41) is 16.8. The molecule has 0 saturated carbocycles. The molecule has 30 heavy (non-hydrogen) atoms. The van der Waals surface area contributed by atoms with Crippen molar-refractivity contribution in [2.45, 2.75) is 50.9 Å². The lowest BCUT2D eigenvalue weighted by atomic mass is 9.92. The number of aromatic nitrogens is 3. The van der Waals surface area contributed by atoms with E-state index < -0.39 is 5.97 Å². The number of aliphatic carboxylic acids is 1. The topological polar surface area (TPSA) is 101 Å². The molecular formula is C23H26N4O3. The van der Waals surface area contributed by atoms with Crippen LogP contribution in [0.2, 0.25) is 0 Å². The average Bonchev–Trinajstić information content (AvgIpc) is 3.21. The fourth-order valence-corrected chi connectivity index (χ4v) is 3.91. The molecule has 1 atom stereocenters. The number of fused-ring (bicyclic) bond motifs is 1. The van der Waals surface area contributed by atoms with E-state index in [0.717, 1.165) is 61.4 Å². The maximum atomic E-state index is 11.3. The third-order valence-electron chi connectivity index (χ3n) is 5.45. The number of carboxylic acids is 1. The van der Waals surface area contributed by atoms with Crippen molar-refractivity contribution in [3.63, 3.8) is 0 Å². The van der Waals surface area contributed by atoms with Crippen molar-refractivity contribution in [2.24, 2.45) is 0 Å². The summed E-state index contributed by atoms with van der Waals surface area (Å²) in [6.07, 6.45) is 8.78. The second-order valence-electron chi connectivity index (χ2n) is 7.76. The highest BCUT2D eigenvalue weighted by atomic mass is 16.5. The molecule has 1 aliphatic heterocycles. The van der Waals surface area contributed by atoms with Crippen LogP contribution in [0.25, 0.3) is 0 Å². The van der Waals surface area contributed by atoms with Crippen LogP contribution in [-0.2, 0) is 30.5 Å². The number of nitrogens with zero attached hydrogens (tertiary/aromatic N) is 3. The molecule has 0 saturated heterocycles. The van der Waals surface area contributed by atoms with Crippen LogP contribution in [0, 0.1) is 0 Å². The largest absolute Gasteiger partial charge is 0.481 e. The molecule has 1 aliphatic rings.